The topological polar surface area (TPSA) is 3.24 Å². The molecule has 116 valence electrons. The number of anilines is 1. The van der Waals surface area contributed by atoms with Crippen molar-refractivity contribution in [3.63, 3.8) is 0 Å². The van der Waals surface area contributed by atoms with Crippen LogP contribution in [-0.2, 0) is 0 Å². The summed E-state index contributed by atoms with van der Waals surface area (Å²) in [5.41, 5.74) is 1.49. The molecule has 1 aliphatic rings. The van der Waals surface area contributed by atoms with E-state index in [4.69, 9.17) is 0 Å². The van der Waals surface area contributed by atoms with Crippen molar-refractivity contribution in [1.29, 1.82) is 0 Å². The lowest BCUT2D eigenvalue weighted by Crippen LogP contribution is -2.54. The first kappa shape index (κ1) is 15.4. The Bertz CT molecular complexity index is 598. The average molecular weight is 310 g/mol. The van der Waals surface area contributed by atoms with Crippen molar-refractivity contribution in [2.45, 2.75) is 38.8 Å². The third-order valence-electron chi connectivity index (χ3n) is 5.02. The number of nitrogens with zero attached hydrogens (tertiary/aromatic N) is 1. The van der Waals surface area contributed by atoms with Crippen LogP contribution < -0.4 is 15.3 Å². The van der Waals surface area contributed by atoms with Gasteiger partial charge in [0, 0.05) is 18.8 Å². The maximum absolute atomic E-state index is 2.64. The van der Waals surface area contributed by atoms with E-state index in [0.29, 0.717) is 0 Å². The average Bonchev–Trinajstić information content (AvgIpc) is 2.85. The number of hydrogen-bond acceptors (Lipinski definition) is 1. The minimum atomic E-state index is -1.64. The molecule has 0 spiro atoms. The van der Waals surface area contributed by atoms with Crippen molar-refractivity contribution in [1.82, 2.24) is 0 Å². The van der Waals surface area contributed by atoms with Crippen molar-refractivity contribution in [2.75, 3.05) is 18.0 Å². The SMILES string of the molecule is C[Si](C)(c1ccccc1)c1ccccc1N1CCCCCC1. The lowest BCUT2D eigenvalue weighted by Gasteiger charge is -2.32. The van der Waals surface area contributed by atoms with Crippen LogP contribution in [0.2, 0.25) is 13.1 Å². The Kier molecular flexibility index (Phi) is 4.68. The van der Waals surface area contributed by atoms with Crippen LogP contribution in [0.3, 0.4) is 0 Å². The Balaban J connectivity index is 2.00. The van der Waals surface area contributed by atoms with Crippen LogP contribution in [0.25, 0.3) is 0 Å². The Morgan fingerprint density at radius 3 is 2.00 bits per heavy atom. The lowest BCUT2D eigenvalue weighted by atomic mass is 10.2. The predicted octanol–water partition coefficient (Wildman–Crippen LogP) is 3.89. The van der Waals surface area contributed by atoms with Gasteiger partial charge in [-0.1, -0.05) is 79.7 Å². The van der Waals surface area contributed by atoms with E-state index >= 15 is 0 Å². The van der Waals surface area contributed by atoms with Crippen molar-refractivity contribution in [2.24, 2.45) is 0 Å². The fraction of sp³-hybridized carbons (Fsp3) is 0.400. The summed E-state index contributed by atoms with van der Waals surface area (Å²) >= 11 is 0. The van der Waals surface area contributed by atoms with E-state index in [1.165, 1.54) is 49.6 Å². The molecular formula is C20H27NSi. The van der Waals surface area contributed by atoms with Crippen molar-refractivity contribution in [3.8, 4) is 0 Å². The van der Waals surface area contributed by atoms with Crippen LogP contribution >= 0.6 is 0 Å². The van der Waals surface area contributed by atoms with Crippen LogP contribution in [0.1, 0.15) is 25.7 Å². The summed E-state index contributed by atoms with van der Waals surface area (Å²) in [6.07, 6.45) is 5.44. The van der Waals surface area contributed by atoms with Crippen LogP contribution in [0.5, 0.6) is 0 Å². The monoisotopic (exact) mass is 309 g/mol. The molecule has 1 nitrogen and oxygen atoms in total. The molecule has 1 aliphatic heterocycles. The highest BCUT2D eigenvalue weighted by molar-refractivity contribution is 7.01. The summed E-state index contributed by atoms with van der Waals surface area (Å²) in [5.74, 6) is 0. The first-order valence-corrected chi connectivity index (χ1v) is 11.6. The Labute approximate surface area is 136 Å². The molecule has 0 atom stereocenters. The molecule has 22 heavy (non-hydrogen) atoms. The molecule has 0 unspecified atom stereocenters. The second kappa shape index (κ2) is 6.70. The van der Waals surface area contributed by atoms with E-state index in [1.54, 1.807) is 5.19 Å². The quantitative estimate of drug-likeness (QED) is 0.778. The molecule has 0 bridgehead atoms. The highest BCUT2D eigenvalue weighted by Crippen LogP contribution is 2.21. The highest BCUT2D eigenvalue weighted by Gasteiger charge is 2.29. The van der Waals surface area contributed by atoms with E-state index < -0.39 is 8.07 Å². The number of hydrogen-bond donors (Lipinski definition) is 0. The van der Waals surface area contributed by atoms with E-state index in [1.807, 2.05) is 0 Å². The molecule has 0 saturated carbocycles. The molecule has 1 heterocycles. The van der Waals surface area contributed by atoms with E-state index in [-0.39, 0.29) is 0 Å². The zero-order valence-electron chi connectivity index (χ0n) is 13.9. The summed E-state index contributed by atoms with van der Waals surface area (Å²) in [5, 5.41) is 3.11. The van der Waals surface area contributed by atoms with E-state index in [9.17, 15) is 0 Å². The van der Waals surface area contributed by atoms with Gasteiger partial charge in [0.15, 0.2) is 0 Å². The third kappa shape index (κ3) is 3.12. The second-order valence-corrected chi connectivity index (χ2v) is 11.3. The Morgan fingerprint density at radius 2 is 1.32 bits per heavy atom. The smallest absolute Gasteiger partial charge is 0.114 e. The Hall–Kier alpha value is -1.54. The van der Waals surface area contributed by atoms with Gasteiger partial charge >= 0.3 is 0 Å². The summed E-state index contributed by atoms with van der Waals surface area (Å²) in [4.78, 5) is 2.64. The molecular weight excluding hydrogens is 282 g/mol. The molecule has 2 aromatic rings. The van der Waals surface area contributed by atoms with Crippen LogP contribution in [-0.4, -0.2) is 21.2 Å². The number of para-hydroxylation sites is 1. The Morgan fingerprint density at radius 1 is 0.727 bits per heavy atom. The molecule has 1 saturated heterocycles. The highest BCUT2D eigenvalue weighted by atomic mass is 28.3. The second-order valence-electron chi connectivity index (χ2n) is 6.91. The molecule has 3 rings (SSSR count). The summed E-state index contributed by atoms with van der Waals surface area (Å²) < 4.78 is 0. The van der Waals surface area contributed by atoms with Gasteiger partial charge in [0.2, 0.25) is 0 Å². The first-order chi connectivity index (χ1) is 10.7. The maximum Gasteiger partial charge on any atom is 0.114 e. The van der Waals surface area contributed by atoms with Crippen LogP contribution in [0, 0.1) is 0 Å². The minimum absolute atomic E-state index is 1.22. The predicted molar refractivity (Wildman–Crippen MR) is 100 cm³/mol. The van der Waals surface area contributed by atoms with Crippen molar-refractivity contribution < 1.29 is 0 Å². The molecule has 0 aromatic heterocycles. The zero-order chi connectivity index (χ0) is 15.4. The van der Waals surface area contributed by atoms with Gasteiger partial charge in [-0.15, -0.1) is 0 Å². The zero-order valence-corrected chi connectivity index (χ0v) is 14.9. The number of rotatable bonds is 3. The summed E-state index contributed by atoms with van der Waals surface area (Å²) in [6.45, 7) is 7.41. The fourth-order valence-electron chi connectivity index (χ4n) is 3.60. The minimum Gasteiger partial charge on any atom is -0.372 e. The summed E-state index contributed by atoms with van der Waals surface area (Å²) in [6, 6.07) is 20.2. The van der Waals surface area contributed by atoms with Gasteiger partial charge in [-0.3, -0.25) is 0 Å². The van der Waals surface area contributed by atoms with Gasteiger partial charge in [-0.25, -0.2) is 0 Å². The molecule has 0 amide bonds. The first-order valence-electron chi connectivity index (χ1n) is 8.59. The molecule has 0 N–H and O–H groups in total. The number of benzene rings is 2. The van der Waals surface area contributed by atoms with E-state index in [0.717, 1.165) is 0 Å². The van der Waals surface area contributed by atoms with Gasteiger partial charge in [0.05, 0.1) is 0 Å². The standard InChI is InChI=1S/C20H27NSi/c1-22(2,18-12-6-5-7-13-18)20-15-9-8-14-19(20)21-16-10-3-4-11-17-21/h5-9,12-15H,3-4,10-11,16-17H2,1-2H3. The summed E-state index contributed by atoms with van der Waals surface area (Å²) in [7, 11) is -1.64. The largest absolute Gasteiger partial charge is 0.372 e. The third-order valence-corrected chi connectivity index (χ3v) is 8.57. The van der Waals surface area contributed by atoms with Gasteiger partial charge in [-0.2, -0.15) is 0 Å². The molecule has 2 aromatic carbocycles. The van der Waals surface area contributed by atoms with Gasteiger partial charge in [-0.05, 0) is 24.1 Å². The normalized spacial score (nSPS) is 16.4. The molecule has 1 fully saturated rings. The maximum atomic E-state index is 2.64. The van der Waals surface area contributed by atoms with Gasteiger partial charge in [0.25, 0.3) is 0 Å². The molecule has 2 heteroatoms. The van der Waals surface area contributed by atoms with E-state index in [2.05, 4.69) is 72.6 Å². The lowest BCUT2D eigenvalue weighted by molar-refractivity contribution is 0.726. The van der Waals surface area contributed by atoms with Crippen LogP contribution in [0.15, 0.2) is 54.6 Å². The van der Waals surface area contributed by atoms with Gasteiger partial charge in [0.1, 0.15) is 8.07 Å². The van der Waals surface area contributed by atoms with Gasteiger partial charge < -0.3 is 4.90 Å². The fourth-order valence-corrected chi connectivity index (χ4v) is 6.33. The molecule has 0 radical (unpaired) electrons. The van der Waals surface area contributed by atoms with Crippen molar-refractivity contribution >= 4 is 24.1 Å². The molecule has 0 aliphatic carbocycles. The van der Waals surface area contributed by atoms with Crippen LogP contribution in [0.4, 0.5) is 5.69 Å². The van der Waals surface area contributed by atoms with Crippen molar-refractivity contribution in [3.05, 3.63) is 54.6 Å².